The highest BCUT2D eigenvalue weighted by Gasteiger charge is 2.69. The van der Waals surface area contributed by atoms with Crippen molar-refractivity contribution in [2.75, 3.05) is 32.9 Å². The maximum absolute atomic E-state index is 15.5. The number of aromatic nitrogens is 5. The zero-order valence-corrected chi connectivity index (χ0v) is 35.0. The molecule has 2 amide bonds. The molecule has 4 aromatic carbocycles. The van der Waals surface area contributed by atoms with Gasteiger partial charge in [0, 0.05) is 48.6 Å². The number of imide groups is 1. The van der Waals surface area contributed by atoms with E-state index in [0.29, 0.717) is 50.0 Å². The van der Waals surface area contributed by atoms with Crippen molar-refractivity contribution >= 4 is 40.1 Å². The summed E-state index contributed by atoms with van der Waals surface area (Å²) in [6.07, 6.45) is 1.66. The number of benzene rings is 4. The van der Waals surface area contributed by atoms with Gasteiger partial charge in [-0.25, -0.2) is 32.9 Å². The second-order valence-corrected chi connectivity index (χ2v) is 16.0. The van der Waals surface area contributed by atoms with Gasteiger partial charge in [-0.2, -0.15) is 5.01 Å². The van der Waals surface area contributed by atoms with Crippen molar-refractivity contribution in [3.8, 4) is 17.2 Å². The number of ether oxygens (including phenoxy) is 3. The number of aryl methyl sites for hydroxylation is 2. The van der Waals surface area contributed by atoms with E-state index in [0.717, 1.165) is 9.58 Å². The fourth-order valence-electron chi connectivity index (χ4n) is 9.60. The minimum Gasteiger partial charge on any atom is -0.493 e. The Labute approximate surface area is 362 Å². The first-order chi connectivity index (χ1) is 30.4. The number of anilines is 1. The molecule has 1 saturated heterocycles. The molecule has 324 valence electrons. The summed E-state index contributed by atoms with van der Waals surface area (Å²) >= 11 is 6.41. The smallest absolute Gasteiger partial charge is 0.347 e. The maximum Gasteiger partial charge on any atom is 0.347 e. The third kappa shape index (κ3) is 6.52. The monoisotopic (exact) mass is 877 g/mol. The SMILES string of the molecule is COc1cc2nc(CCn3c(=O)n4n(c3=O)C3CC5C(=O)N(Nc6ccc(F)cc6)C(=O)C5(c5ccc(Cl)cc5)C(c5ccccc5OCCO)C3=CC4)c(=O)n(C)c2cc1OC. The molecule has 0 radical (unpaired) electrons. The highest BCUT2D eigenvalue weighted by atomic mass is 35.5. The average molecular weight is 878 g/mol. The summed E-state index contributed by atoms with van der Waals surface area (Å²) in [7, 11) is 4.56. The Balaban J connectivity index is 1.18. The molecule has 2 N–H and O–H groups in total. The molecule has 2 aliphatic heterocycles. The standard InChI is InChI=1S/C45H41ClFN7O9/c1-50-35-24-38(62-3)37(61-2)23-33(35)48-32(41(50)57)17-18-51-43(59)52-19-16-29-34(54(52)44(51)60)22-31-40(56)53(49-28-14-12-27(47)13-15-28)42(58)45(31,25-8-10-26(46)11-9-25)39(29)30-6-4-5-7-36(30)63-21-20-55/h4-16,23-24,31,34,39,49,55H,17-22H2,1-3H3. The Morgan fingerprint density at radius 2 is 1.63 bits per heavy atom. The summed E-state index contributed by atoms with van der Waals surface area (Å²) in [5.41, 5.74) is 2.40. The Kier molecular flexibility index (Phi) is 10.5. The molecule has 4 atom stereocenters. The van der Waals surface area contributed by atoms with E-state index in [4.69, 9.17) is 25.8 Å². The van der Waals surface area contributed by atoms with Gasteiger partial charge in [0.05, 0.1) is 61.5 Å². The van der Waals surface area contributed by atoms with E-state index in [1.54, 1.807) is 67.7 Å². The molecular weight excluding hydrogens is 837 g/mol. The number of methoxy groups -OCH3 is 2. The number of hydrogen-bond acceptors (Lipinski definition) is 11. The number of halogens is 2. The minimum absolute atomic E-state index is 0.0677. The van der Waals surface area contributed by atoms with E-state index in [-0.39, 0.29) is 50.5 Å². The molecule has 2 aromatic heterocycles. The number of amides is 2. The van der Waals surface area contributed by atoms with Gasteiger partial charge in [-0.1, -0.05) is 48.0 Å². The number of aliphatic hydroxyl groups excluding tert-OH is 1. The molecule has 1 aliphatic carbocycles. The first kappa shape index (κ1) is 41.4. The lowest BCUT2D eigenvalue weighted by Crippen LogP contribution is -2.53. The molecule has 63 heavy (non-hydrogen) atoms. The zero-order valence-electron chi connectivity index (χ0n) is 34.3. The number of nitrogens with zero attached hydrogens (tertiary/aromatic N) is 6. The minimum atomic E-state index is -1.67. The van der Waals surface area contributed by atoms with E-state index in [1.807, 2.05) is 6.08 Å². The Morgan fingerprint density at radius 3 is 2.35 bits per heavy atom. The van der Waals surface area contributed by atoms with Crippen LogP contribution < -0.4 is 36.6 Å². The van der Waals surface area contributed by atoms with Crippen molar-refractivity contribution in [2.24, 2.45) is 13.0 Å². The lowest BCUT2D eigenvalue weighted by molar-refractivity contribution is -0.138. The number of allylic oxidation sites excluding steroid dienone is 2. The van der Waals surface area contributed by atoms with Crippen molar-refractivity contribution in [3.05, 3.63) is 156 Å². The molecule has 2 fully saturated rings. The number of fused-ring (bicyclic) bond motifs is 5. The van der Waals surface area contributed by atoms with Gasteiger partial charge in [0.2, 0.25) is 0 Å². The van der Waals surface area contributed by atoms with Gasteiger partial charge in [0.15, 0.2) is 11.5 Å². The molecule has 1 saturated carbocycles. The molecule has 9 rings (SSSR count). The summed E-state index contributed by atoms with van der Waals surface area (Å²) in [5, 5.41) is 11.1. The van der Waals surface area contributed by atoms with Gasteiger partial charge < -0.3 is 23.9 Å². The fourth-order valence-corrected chi connectivity index (χ4v) is 9.72. The molecule has 0 bridgehead atoms. The molecule has 3 aliphatic rings. The third-order valence-electron chi connectivity index (χ3n) is 12.4. The number of rotatable bonds is 12. The van der Waals surface area contributed by atoms with Crippen LogP contribution in [-0.2, 0) is 41.6 Å². The normalized spacial score (nSPS) is 20.3. The molecule has 4 heterocycles. The number of hydrazine groups is 1. The first-order valence-electron chi connectivity index (χ1n) is 20.2. The predicted octanol–water partition coefficient (Wildman–Crippen LogP) is 4.10. The topological polar surface area (TPSA) is 181 Å². The summed E-state index contributed by atoms with van der Waals surface area (Å²) in [5.74, 6) is -2.70. The fraction of sp³-hybridized carbons (Fsp3) is 0.289. The molecule has 18 heteroatoms. The largest absolute Gasteiger partial charge is 0.493 e. The summed E-state index contributed by atoms with van der Waals surface area (Å²) < 4.78 is 36.1. The summed E-state index contributed by atoms with van der Waals surface area (Å²) in [6, 6.07) is 21.2. The average Bonchev–Trinajstić information content (AvgIpc) is 3.66. The molecule has 4 unspecified atom stereocenters. The maximum atomic E-state index is 15.5. The van der Waals surface area contributed by atoms with Gasteiger partial charge in [-0.15, -0.1) is 0 Å². The van der Waals surface area contributed by atoms with E-state index in [1.165, 1.54) is 52.4 Å². The lowest BCUT2D eigenvalue weighted by Gasteiger charge is -2.49. The van der Waals surface area contributed by atoms with Gasteiger partial charge in [-0.3, -0.25) is 19.8 Å². The molecule has 0 spiro atoms. The van der Waals surface area contributed by atoms with Crippen LogP contribution in [0.15, 0.2) is 111 Å². The Hall–Kier alpha value is -6.98. The van der Waals surface area contributed by atoms with Crippen molar-refractivity contribution < 1.29 is 33.3 Å². The van der Waals surface area contributed by atoms with Crippen molar-refractivity contribution in [1.29, 1.82) is 0 Å². The van der Waals surface area contributed by atoms with E-state index in [2.05, 4.69) is 10.4 Å². The quantitative estimate of drug-likeness (QED) is 0.134. The number of nitrogens with one attached hydrogen (secondary N) is 1. The van der Waals surface area contributed by atoms with Crippen LogP contribution in [0.4, 0.5) is 10.1 Å². The lowest BCUT2D eigenvalue weighted by atomic mass is 9.53. The number of hydrogen-bond donors (Lipinski definition) is 2. The van der Waals surface area contributed by atoms with E-state index < -0.39 is 57.9 Å². The van der Waals surface area contributed by atoms with Crippen LogP contribution in [0.25, 0.3) is 11.0 Å². The first-order valence-corrected chi connectivity index (χ1v) is 20.5. The molecular formula is C45H41ClFN7O9. The Morgan fingerprint density at radius 1 is 0.921 bits per heavy atom. The predicted molar refractivity (Wildman–Crippen MR) is 229 cm³/mol. The molecule has 16 nitrogen and oxygen atoms in total. The van der Waals surface area contributed by atoms with Crippen molar-refractivity contribution in [1.82, 2.24) is 28.5 Å². The van der Waals surface area contributed by atoms with Crippen LogP contribution in [0.1, 0.15) is 35.2 Å². The number of para-hydroxylation sites is 1. The van der Waals surface area contributed by atoms with Crippen LogP contribution in [-0.4, -0.2) is 72.8 Å². The van der Waals surface area contributed by atoms with Gasteiger partial charge >= 0.3 is 11.4 Å². The van der Waals surface area contributed by atoms with Gasteiger partial charge in [-0.05, 0) is 60.0 Å². The number of carbonyl (C=O) groups is 2. The summed E-state index contributed by atoms with van der Waals surface area (Å²) in [6.45, 7) is -0.643. The summed E-state index contributed by atoms with van der Waals surface area (Å²) in [4.78, 5) is 77.6. The highest BCUT2D eigenvalue weighted by molar-refractivity contribution is 6.30. The van der Waals surface area contributed by atoms with Crippen LogP contribution in [0.3, 0.4) is 0 Å². The van der Waals surface area contributed by atoms with Crippen molar-refractivity contribution in [2.45, 2.75) is 43.3 Å². The second kappa shape index (κ2) is 16.0. The van der Waals surface area contributed by atoms with E-state index >= 15 is 4.79 Å². The van der Waals surface area contributed by atoms with E-state index in [9.17, 15) is 28.7 Å². The van der Waals surface area contributed by atoms with Crippen LogP contribution in [0, 0.1) is 11.7 Å². The van der Waals surface area contributed by atoms with Gasteiger partial charge in [0.1, 0.15) is 23.9 Å². The second-order valence-electron chi connectivity index (χ2n) is 15.5. The van der Waals surface area contributed by atoms with Gasteiger partial charge in [0.25, 0.3) is 17.4 Å². The van der Waals surface area contributed by atoms with Crippen LogP contribution in [0.5, 0.6) is 17.2 Å². The molecule has 6 aromatic rings. The Bertz CT molecular complexity index is 3030. The van der Waals surface area contributed by atoms with Crippen LogP contribution in [0.2, 0.25) is 5.02 Å². The highest BCUT2D eigenvalue weighted by Crippen LogP contribution is 2.63. The third-order valence-corrected chi connectivity index (χ3v) is 12.7. The zero-order chi connectivity index (χ0) is 44.3. The van der Waals surface area contributed by atoms with Crippen molar-refractivity contribution in [3.63, 3.8) is 0 Å². The van der Waals surface area contributed by atoms with Crippen LogP contribution >= 0.6 is 11.6 Å². The number of carbonyl (C=O) groups excluding carboxylic acids is 2. The number of aliphatic hydroxyl groups is 1.